The number of aliphatic hydroxyl groups excluding tert-OH is 1. The molecule has 2 aliphatic rings. The van der Waals surface area contributed by atoms with Crippen LogP contribution in [0.25, 0.3) is 0 Å². The lowest BCUT2D eigenvalue weighted by atomic mass is 9.71. The van der Waals surface area contributed by atoms with Crippen molar-refractivity contribution in [3.8, 4) is 0 Å². The van der Waals surface area contributed by atoms with Crippen LogP contribution in [0.2, 0.25) is 0 Å². The van der Waals surface area contributed by atoms with Gasteiger partial charge >= 0.3 is 0 Å². The van der Waals surface area contributed by atoms with Gasteiger partial charge in [0.2, 0.25) is 5.91 Å². The highest BCUT2D eigenvalue weighted by atomic mass is 35.5. The minimum absolute atomic E-state index is 0.0985. The molecule has 0 spiro atoms. The predicted molar refractivity (Wildman–Crippen MR) is 62.5 cm³/mol. The summed E-state index contributed by atoms with van der Waals surface area (Å²) in [4.78, 5) is 23.6. The Balaban J connectivity index is 2.27. The van der Waals surface area contributed by atoms with Crippen LogP contribution in [0, 0.1) is 11.8 Å². The number of aliphatic hydroxyl groups is 1. The van der Waals surface area contributed by atoms with Crippen LogP contribution in [0.5, 0.6) is 0 Å². The van der Waals surface area contributed by atoms with E-state index in [9.17, 15) is 14.7 Å². The monoisotopic (exact) mass is 260 g/mol. The molecule has 0 aromatic heterocycles. The molecule has 96 valence electrons. The summed E-state index contributed by atoms with van der Waals surface area (Å²) in [5.74, 6) is -0.571. The molecule has 0 aromatic rings. The molecular formula is C11H17ClN2O3. The predicted octanol–water partition coefficient (Wildman–Crippen LogP) is -0.385. The lowest BCUT2D eigenvalue weighted by Crippen LogP contribution is -2.80. The molecule has 0 radical (unpaired) electrons. The number of hydrogen-bond acceptors (Lipinski definition) is 3. The van der Waals surface area contributed by atoms with Gasteiger partial charge in [-0.15, -0.1) is 11.6 Å². The maximum atomic E-state index is 11.8. The van der Waals surface area contributed by atoms with Gasteiger partial charge in [0.15, 0.2) is 5.54 Å². The number of β-lactam (4-membered cyclic amide) rings is 1. The number of fused-ring (bicyclic) bond motifs is 1. The van der Waals surface area contributed by atoms with E-state index in [4.69, 9.17) is 11.6 Å². The van der Waals surface area contributed by atoms with Gasteiger partial charge in [0, 0.05) is 5.88 Å². The smallest absolute Gasteiger partial charge is 0.251 e. The van der Waals surface area contributed by atoms with Gasteiger partial charge in [0.25, 0.3) is 5.91 Å². The van der Waals surface area contributed by atoms with Gasteiger partial charge in [-0.05, 0) is 12.3 Å². The first kappa shape index (κ1) is 12.6. The highest BCUT2D eigenvalue weighted by Gasteiger charge is 2.68. The van der Waals surface area contributed by atoms with Crippen molar-refractivity contribution < 1.29 is 14.7 Å². The molecule has 0 saturated carbocycles. The van der Waals surface area contributed by atoms with E-state index in [1.54, 1.807) is 0 Å². The summed E-state index contributed by atoms with van der Waals surface area (Å²) in [7, 11) is 0. The molecule has 0 aromatic carbocycles. The molecule has 2 amide bonds. The number of hydrogen-bond donors (Lipinski definition) is 3. The van der Waals surface area contributed by atoms with Crippen molar-refractivity contribution in [2.75, 3.05) is 5.88 Å². The van der Waals surface area contributed by atoms with Gasteiger partial charge in [0.05, 0.1) is 18.1 Å². The van der Waals surface area contributed by atoms with Crippen LogP contribution >= 0.6 is 11.6 Å². The summed E-state index contributed by atoms with van der Waals surface area (Å²) in [6.45, 7) is 3.65. The van der Waals surface area contributed by atoms with E-state index in [0.29, 0.717) is 12.3 Å². The molecule has 3 N–H and O–H groups in total. The van der Waals surface area contributed by atoms with Gasteiger partial charge in [0.1, 0.15) is 0 Å². The third-order valence-corrected chi connectivity index (χ3v) is 3.96. The molecule has 0 aliphatic carbocycles. The highest BCUT2D eigenvalue weighted by Crippen LogP contribution is 2.39. The van der Waals surface area contributed by atoms with Crippen molar-refractivity contribution in [3.63, 3.8) is 0 Å². The molecule has 17 heavy (non-hydrogen) atoms. The molecule has 2 fully saturated rings. The molecule has 0 unspecified atom stereocenters. The topological polar surface area (TPSA) is 78.4 Å². The fourth-order valence-corrected chi connectivity index (χ4v) is 3.01. The van der Waals surface area contributed by atoms with Crippen LogP contribution in [0.1, 0.15) is 20.3 Å². The van der Waals surface area contributed by atoms with E-state index >= 15 is 0 Å². The fraction of sp³-hybridized carbons (Fsp3) is 0.818. The first-order valence-corrected chi connectivity index (χ1v) is 6.35. The first-order valence-electron chi connectivity index (χ1n) is 5.82. The number of carbonyl (C=O) groups is 2. The zero-order valence-corrected chi connectivity index (χ0v) is 10.6. The van der Waals surface area contributed by atoms with E-state index in [-0.39, 0.29) is 29.7 Å². The van der Waals surface area contributed by atoms with Gasteiger partial charge < -0.3 is 15.7 Å². The second kappa shape index (κ2) is 4.14. The molecule has 0 bridgehead atoms. The summed E-state index contributed by atoms with van der Waals surface area (Å²) < 4.78 is 0. The third kappa shape index (κ3) is 1.56. The number of alkyl halides is 1. The largest absolute Gasteiger partial charge is 0.390 e. The van der Waals surface area contributed by atoms with E-state index < -0.39 is 11.6 Å². The highest BCUT2D eigenvalue weighted by molar-refractivity contribution is 6.18. The second-order valence-corrected chi connectivity index (χ2v) is 5.46. The number of amides is 2. The second-order valence-electron chi connectivity index (χ2n) is 5.08. The summed E-state index contributed by atoms with van der Waals surface area (Å²) in [6.07, 6.45) is -0.365. The molecule has 2 aliphatic heterocycles. The van der Waals surface area contributed by atoms with Crippen LogP contribution < -0.4 is 10.6 Å². The normalized spacial score (nSPS) is 37.2. The minimum Gasteiger partial charge on any atom is -0.390 e. The Morgan fingerprint density at radius 2 is 2.12 bits per heavy atom. The minimum atomic E-state index is -1.14. The van der Waals surface area contributed by atoms with E-state index in [2.05, 4.69) is 10.6 Å². The Bertz CT molecular complexity index is 361. The maximum Gasteiger partial charge on any atom is 0.251 e. The lowest BCUT2D eigenvalue weighted by molar-refractivity contribution is -0.148. The third-order valence-electron chi connectivity index (χ3n) is 3.74. The lowest BCUT2D eigenvalue weighted by Gasteiger charge is -2.48. The van der Waals surface area contributed by atoms with Crippen molar-refractivity contribution in [3.05, 3.63) is 0 Å². The van der Waals surface area contributed by atoms with Gasteiger partial charge in [-0.1, -0.05) is 13.8 Å². The standard InChI is InChI=1S/C11H17ClN2O3/c1-5(2)8(15)11-7(13-10(11)17)6(3-4-12)9(16)14-11/h5-8,15H,3-4H2,1-2H3,(H,13,17)(H,14,16)/t6-,7+,8+,11+/m1/s1. The number of nitrogens with one attached hydrogen (secondary N) is 2. The maximum absolute atomic E-state index is 11.8. The SMILES string of the molecule is CC(C)[C@H](O)[C@@]12NC(=O)[C@H](CCCl)[C@@H]1NC2=O. The Morgan fingerprint density at radius 1 is 1.47 bits per heavy atom. The molecule has 2 rings (SSSR count). The zero-order chi connectivity index (χ0) is 12.8. The summed E-state index contributed by atoms with van der Waals surface area (Å²) >= 11 is 5.65. The van der Waals surface area contributed by atoms with E-state index in [1.807, 2.05) is 13.8 Å². The molecule has 2 heterocycles. The van der Waals surface area contributed by atoms with Crippen molar-refractivity contribution >= 4 is 23.4 Å². The summed E-state index contributed by atoms with van der Waals surface area (Å²) in [5.41, 5.74) is -1.14. The quantitative estimate of drug-likeness (QED) is 0.476. The number of rotatable bonds is 4. The number of halogens is 1. The van der Waals surface area contributed by atoms with E-state index in [1.165, 1.54) is 0 Å². The van der Waals surface area contributed by atoms with Crippen molar-refractivity contribution in [2.45, 2.75) is 38.0 Å². The molecule has 5 nitrogen and oxygen atoms in total. The fourth-order valence-electron chi connectivity index (χ4n) is 2.77. The molecule has 6 heteroatoms. The van der Waals surface area contributed by atoms with Crippen LogP contribution in [0.4, 0.5) is 0 Å². The van der Waals surface area contributed by atoms with Gasteiger partial charge in [-0.3, -0.25) is 9.59 Å². The average Bonchev–Trinajstić information content (AvgIpc) is 2.49. The number of carbonyl (C=O) groups excluding carboxylic acids is 2. The Kier molecular flexibility index (Phi) is 3.08. The average molecular weight is 261 g/mol. The molecular weight excluding hydrogens is 244 g/mol. The van der Waals surface area contributed by atoms with Crippen LogP contribution in [-0.4, -0.2) is 40.5 Å². The van der Waals surface area contributed by atoms with Gasteiger partial charge in [-0.2, -0.15) is 0 Å². The van der Waals surface area contributed by atoms with Crippen molar-refractivity contribution in [1.82, 2.24) is 10.6 Å². The van der Waals surface area contributed by atoms with E-state index in [0.717, 1.165) is 0 Å². The molecule has 2 saturated heterocycles. The van der Waals surface area contributed by atoms with Gasteiger partial charge in [-0.25, -0.2) is 0 Å². The summed E-state index contributed by atoms with van der Waals surface area (Å²) in [5, 5.41) is 15.6. The Labute approximate surface area is 105 Å². The Morgan fingerprint density at radius 3 is 2.59 bits per heavy atom. The van der Waals surface area contributed by atoms with Crippen LogP contribution in [-0.2, 0) is 9.59 Å². The van der Waals surface area contributed by atoms with Crippen LogP contribution in [0.15, 0.2) is 0 Å². The summed E-state index contributed by atoms with van der Waals surface area (Å²) in [6, 6.07) is -0.335. The Hall–Kier alpha value is -0.810. The van der Waals surface area contributed by atoms with Crippen molar-refractivity contribution in [2.24, 2.45) is 11.8 Å². The molecule has 4 atom stereocenters. The van der Waals surface area contributed by atoms with Crippen molar-refractivity contribution in [1.29, 1.82) is 0 Å². The zero-order valence-electron chi connectivity index (χ0n) is 9.87. The first-order chi connectivity index (χ1) is 7.95. The van der Waals surface area contributed by atoms with Crippen LogP contribution in [0.3, 0.4) is 0 Å².